The van der Waals surface area contributed by atoms with Crippen LogP contribution in [-0.4, -0.2) is 112 Å². The van der Waals surface area contributed by atoms with Gasteiger partial charge in [0, 0.05) is 28.8 Å². The number of amides is 3. The number of hydrogen-bond acceptors (Lipinski definition) is 15. The fourth-order valence-electron chi connectivity index (χ4n) is 4.25. The van der Waals surface area contributed by atoms with Crippen molar-refractivity contribution in [1.82, 2.24) is 45.3 Å². The van der Waals surface area contributed by atoms with Crippen LogP contribution in [0.15, 0.2) is 27.2 Å². The predicted molar refractivity (Wildman–Crippen MR) is 161 cm³/mol. The Labute approximate surface area is 261 Å². The lowest BCUT2D eigenvalue weighted by molar-refractivity contribution is -0.150. The summed E-state index contributed by atoms with van der Waals surface area (Å²) in [5.74, 6) is -1.78. The molecule has 2 aliphatic rings. The van der Waals surface area contributed by atoms with E-state index in [0.717, 1.165) is 6.54 Å². The molecule has 0 saturated carbocycles. The Balaban J connectivity index is 1.15. The molecule has 0 radical (unpaired) electrons. The van der Waals surface area contributed by atoms with Gasteiger partial charge in [-0.25, -0.2) is 19.4 Å². The van der Waals surface area contributed by atoms with Crippen LogP contribution >= 0.6 is 46.2 Å². The smallest absolute Gasteiger partial charge is 0.352 e. The third-order valence-electron chi connectivity index (χ3n) is 6.25. The highest BCUT2D eigenvalue weighted by atomic mass is 32.2. The first-order chi connectivity index (χ1) is 20.6. The minimum Gasteiger partial charge on any atom is -0.477 e. The van der Waals surface area contributed by atoms with Gasteiger partial charge in [0.25, 0.3) is 5.91 Å². The van der Waals surface area contributed by atoms with Gasteiger partial charge >= 0.3 is 5.97 Å². The molecular formula is C23H27N11O5S4. The number of likely N-dealkylation sites (N-methyl/N-ethyl adjacent to an activating group) is 1. The van der Waals surface area contributed by atoms with Crippen LogP contribution in [0.25, 0.3) is 0 Å². The lowest BCUT2D eigenvalue weighted by atomic mass is 10.0. The average Bonchev–Trinajstić information content (AvgIpc) is 3.70. The topological polar surface area (TPSA) is 214 Å². The summed E-state index contributed by atoms with van der Waals surface area (Å²) in [4.78, 5) is 61.8. The van der Waals surface area contributed by atoms with E-state index in [1.807, 2.05) is 19.0 Å². The van der Waals surface area contributed by atoms with Gasteiger partial charge in [-0.15, -0.1) is 39.5 Å². The molecule has 5 heterocycles. The number of hydrogen-bond donors (Lipinski definition) is 4. The Morgan fingerprint density at radius 3 is 2.63 bits per heavy atom. The van der Waals surface area contributed by atoms with Gasteiger partial charge < -0.3 is 26.4 Å². The normalized spacial score (nSPS) is 18.0. The number of carbonyl (C=O) groups excluding carboxylic acids is 3. The zero-order chi connectivity index (χ0) is 30.7. The summed E-state index contributed by atoms with van der Waals surface area (Å²) in [6.45, 7) is 1.31. The van der Waals surface area contributed by atoms with Gasteiger partial charge in [0.05, 0.1) is 30.8 Å². The summed E-state index contributed by atoms with van der Waals surface area (Å²) >= 11 is 5.11. The van der Waals surface area contributed by atoms with Crippen molar-refractivity contribution in [2.75, 3.05) is 43.2 Å². The maximum absolute atomic E-state index is 13.0. The molecule has 0 spiro atoms. The number of anilines is 2. The number of rotatable bonds is 13. The SMILES string of the molecule is CN(C)CCn1nnnc1SCC1=C(C(=O)O)N2C(=O)[C@@H](NC(=O)Cc3csc(NC(=O)Cc4csc(N)n4)n3)C2SC1. The van der Waals surface area contributed by atoms with Crippen molar-refractivity contribution in [2.24, 2.45) is 0 Å². The molecule has 5 rings (SSSR count). The maximum atomic E-state index is 13.0. The van der Waals surface area contributed by atoms with E-state index in [1.54, 1.807) is 15.4 Å². The summed E-state index contributed by atoms with van der Waals surface area (Å²) in [6, 6.07) is -0.859. The first-order valence-corrected chi connectivity index (χ1v) is 16.6. The Kier molecular flexibility index (Phi) is 9.59. The van der Waals surface area contributed by atoms with Crippen LogP contribution in [0.4, 0.5) is 10.3 Å². The number of carboxylic acids is 1. The molecule has 3 amide bonds. The Bertz CT molecular complexity index is 1570. The van der Waals surface area contributed by atoms with E-state index < -0.39 is 29.2 Å². The summed E-state index contributed by atoms with van der Waals surface area (Å²) in [5, 5.41) is 31.2. The zero-order valence-corrected chi connectivity index (χ0v) is 26.2. The third kappa shape index (κ3) is 7.32. The van der Waals surface area contributed by atoms with Gasteiger partial charge in [-0.3, -0.25) is 19.3 Å². The lowest BCUT2D eigenvalue weighted by Gasteiger charge is -2.49. The van der Waals surface area contributed by atoms with Crippen LogP contribution < -0.4 is 16.4 Å². The van der Waals surface area contributed by atoms with Crippen molar-refractivity contribution in [3.05, 3.63) is 33.4 Å². The molecule has 16 nitrogen and oxygen atoms in total. The molecule has 0 bridgehead atoms. The van der Waals surface area contributed by atoms with Gasteiger partial charge in [-0.2, -0.15) is 0 Å². The first-order valence-electron chi connectivity index (χ1n) is 12.8. The van der Waals surface area contributed by atoms with Gasteiger partial charge in [0.15, 0.2) is 10.3 Å². The molecule has 20 heteroatoms. The highest BCUT2D eigenvalue weighted by molar-refractivity contribution is 8.01. The van der Waals surface area contributed by atoms with E-state index in [0.29, 0.717) is 50.4 Å². The highest BCUT2D eigenvalue weighted by Gasteiger charge is 2.54. The molecule has 228 valence electrons. The van der Waals surface area contributed by atoms with E-state index in [-0.39, 0.29) is 24.4 Å². The van der Waals surface area contributed by atoms with E-state index in [4.69, 9.17) is 5.73 Å². The number of nitrogens with one attached hydrogen (secondary N) is 2. The van der Waals surface area contributed by atoms with E-state index in [2.05, 4.69) is 36.1 Å². The Hall–Kier alpha value is -3.59. The fourth-order valence-corrected chi connectivity index (χ4v) is 7.92. The molecule has 2 atom stereocenters. The minimum absolute atomic E-state index is 0.0468. The van der Waals surface area contributed by atoms with Crippen LogP contribution in [0.2, 0.25) is 0 Å². The number of nitrogens with two attached hydrogens (primary N) is 1. The maximum Gasteiger partial charge on any atom is 0.352 e. The fraction of sp³-hybridized carbons (Fsp3) is 0.435. The van der Waals surface area contributed by atoms with Gasteiger partial charge in [0.2, 0.25) is 17.0 Å². The highest BCUT2D eigenvalue weighted by Crippen LogP contribution is 2.41. The molecule has 1 unspecified atom stereocenters. The molecule has 3 aromatic rings. The predicted octanol–water partition coefficient (Wildman–Crippen LogP) is -0.0155. The van der Waals surface area contributed by atoms with Crippen molar-refractivity contribution in [2.45, 2.75) is 36.0 Å². The number of nitrogen functional groups attached to an aromatic ring is 1. The summed E-state index contributed by atoms with van der Waals surface area (Å²) < 4.78 is 1.66. The number of nitrogens with zero attached hydrogens (tertiary/aromatic N) is 8. The second-order valence-corrected chi connectivity index (χ2v) is 13.5. The van der Waals surface area contributed by atoms with E-state index >= 15 is 0 Å². The number of fused-ring (bicyclic) bond motifs is 1. The number of thioether (sulfide) groups is 2. The number of carbonyl (C=O) groups is 4. The molecule has 1 saturated heterocycles. The van der Waals surface area contributed by atoms with Gasteiger partial charge in [0.1, 0.15) is 17.1 Å². The average molecular weight is 666 g/mol. The van der Waals surface area contributed by atoms with Crippen LogP contribution in [0.3, 0.4) is 0 Å². The molecule has 2 aliphatic heterocycles. The Morgan fingerprint density at radius 2 is 1.91 bits per heavy atom. The van der Waals surface area contributed by atoms with Crippen LogP contribution in [0.1, 0.15) is 11.4 Å². The molecule has 43 heavy (non-hydrogen) atoms. The molecular weight excluding hydrogens is 639 g/mol. The summed E-state index contributed by atoms with van der Waals surface area (Å²) in [7, 11) is 3.88. The molecule has 0 aromatic carbocycles. The number of tetrazole rings is 1. The third-order valence-corrected chi connectivity index (χ3v) is 10.2. The summed E-state index contributed by atoms with van der Waals surface area (Å²) in [5.41, 5.74) is 7.08. The standard InChI is InChI=1S/C23H27N11O5S4/c1-32(2)3-4-33-23(29-30-31-33)43-8-11-7-40-19-16(18(37)34(19)17(11)20(38)39)27-14(35)6-13-10-42-22(26-13)28-15(36)5-12-9-41-21(24)25-12/h9-10,16,19H,3-8H2,1-2H3,(H2,24,25)(H,27,35)(H,38,39)(H,26,28,36)/t16-,19?/m1/s1. The largest absolute Gasteiger partial charge is 0.477 e. The van der Waals surface area contributed by atoms with Crippen molar-refractivity contribution in [3.8, 4) is 0 Å². The minimum atomic E-state index is -1.21. The van der Waals surface area contributed by atoms with Crippen molar-refractivity contribution in [1.29, 1.82) is 0 Å². The number of aromatic nitrogens is 6. The molecule has 1 fully saturated rings. The zero-order valence-electron chi connectivity index (χ0n) is 22.9. The van der Waals surface area contributed by atoms with Crippen molar-refractivity contribution >= 4 is 80.2 Å². The first kappa shape index (κ1) is 30.9. The quantitative estimate of drug-likeness (QED) is 0.140. The van der Waals surface area contributed by atoms with Crippen LogP contribution in [-0.2, 0) is 38.6 Å². The van der Waals surface area contributed by atoms with Crippen LogP contribution in [0, 0.1) is 0 Å². The monoisotopic (exact) mass is 665 g/mol. The second kappa shape index (κ2) is 13.4. The molecule has 5 N–H and O–H groups in total. The number of thiazole rings is 2. The van der Waals surface area contributed by atoms with Gasteiger partial charge in [-0.05, 0) is 30.1 Å². The summed E-state index contributed by atoms with van der Waals surface area (Å²) in [6.07, 6.45) is -0.0621. The lowest BCUT2D eigenvalue weighted by Crippen LogP contribution is -2.70. The van der Waals surface area contributed by atoms with Gasteiger partial charge in [-0.1, -0.05) is 11.8 Å². The second-order valence-electron chi connectivity index (χ2n) is 9.71. The van der Waals surface area contributed by atoms with Crippen LogP contribution in [0.5, 0.6) is 0 Å². The van der Waals surface area contributed by atoms with Crippen molar-refractivity contribution < 1.29 is 24.3 Å². The van der Waals surface area contributed by atoms with Crippen molar-refractivity contribution in [3.63, 3.8) is 0 Å². The van der Waals surface area contributed by atoms with E-state index in [9.17, 15) is 24.3 Å². The Morgan fingerprint density at radius 1 is 1.16 bits per heavy atom. The van der Waals surface area contributed by atoms with E-state index in [1.165, 1.54) is 51.1 Å². The molecule has 3 aromatic heterocycles. The molecule has 0 aliphatic carbocycles. The number of carboxylic acid groups (broad SMARTS) is 1. The number of β-lactam (4-membered cyclic amide) rings is 1. The number of aliphatic carboxylic acids is 1.